The second-order valence-electron chi connectivity index (χ2n) is 5.64. The predicted octanol–water partition coefficient (Wildman–Crippen LogP) is 3.92. The van der Waals surface area contributed by atoms with Gasteiger partial charge >= 0.3 is 6.09 Å². The Morgan fingerprint density at radius 3 is 2.69 bits per heavy atom. The summed E-state index contributed by atoms with van der Waals surface area (Å²) in [6.07, 6.45) is -0.381. The van der Waals surface area contributed by atoms with E-state index in [0.29, 0.717) is 15.7 Å². The molecule has 1 aromatic heterocycles. The summed E-state index contributed by atoms with van der Waals surface area (Å²) in [7, 11) is -3.63. The number of benzene rings is 1. The molecule has 1 amide bonds. The minimum absolute atomic E-state index is 0.00868. The van der Waals surface area contributed by atoms with Gasteiger partial charge in [0.05, 0.1) is 16.6 Å². The molecule has 140 valence electrons. The molecule has 2 aromatic rings. The number of hydrogen-bond donors (Lipinski definition) is 1. The van der Waals surface area contributed by atoms with Crippen molar-refractivity contribution in [3.8, 4) is 0 Å². The number of halogens is 2. The molecule has 1 aromatic carbocycles. The van der Waals surface area contributed by atoms with Crippen molar-refractivity contribution in [2.24, 2.45) is 0 Å². The van der Waals surface area contributed by atoms with Crippen molar-refractivity contribution in [2.45, 2.75) is 23.7 Å². The predicted molar refractivity (Wildman–Crippen MR) is 103 cm³/mol. The average Bonchev–Trinajstić information content (AvgIpc) is 3.23. The van der Waals surface area contributed by atoms with Gasteiger partial charge in [-0.1, -0.05) is 30.1 Å². The maximum absolute atomic E-state index is 12.3. The molecule has 0 radical (unpaired) electrons. The maximum Gasteiger partial charge on any atom is 0.414 e. The summed E-state index contributed by atoms with van der Waals surface area (Å²) in [5.41, 5.74) is 0.542. The van der Waals surface area contributed by atoms with Gasteiger partial charge in [0.25, 0.3) is 0 Å². The Balaban J connectivity index is 1.64. The quantitative estimate of drug-likeness (QED) is 0.747. The highest BCUT2D eigenvalue weighted by Crippen LogP contribution is 2.29. The molecular weight excluding hydrogens is 419 g/mol. The highest BCUT2D eigenvalue weighted by Gasteiger charge is 2.33. The van der Waals surface area contributed by atoms with Gasteiger partial charge in [-0.05, 0) is 36.8 Å². The van der Waals surface area contributed by atoms with Crippen LogP contribution in [0.5, 0.6) is 0 Å². The fourth-order valence-electron chi connectivity index (χ4n) is 2.46. The molecule has 1 aliphatic heterocycles. The van der Waals surface area contributed by atoms with E-state index in [1.165, 1.54) is 16.2 Å². The van der Waals surface area contributed by atoms with Crippen LogP contribution < -0.4 is 9.62 Å². The number of aryl methyl sites for hydroxylation is 1. The standard InChI is InChI=1S/C16H16Cl2N2O4S2/c1-2-12-4-6-15(25-12)26(22,23)19-8-11-9-20(16(21)24-11)10-3-5-13(17)14(18)7-10/h3-7,11,19H,2,8-9H2,1H3. The van der Waals surface area contributed by atoms with E-state index < -0.39 is 22.2 Å². The molecular formula is C16H16Cl2N2O4S2. The minimum atomic E-state index is -3.63. The van der Waals surface area contributed by atoms with Gasteiger partial charge in [-0.2, -0.15) is 0 Å². The zero-order valence-corrected chi connectivity index (χ0v) is 16.9. The molecule has 6 nitrogen and oxygen atoms in total. The average molecular weight is 435 g/mol. The lowest BCUT2D eigenvalue weighted by molar-refractivity contribution is 0.143. The monoisotopic (exact) mass is 434 g/mol. The van der Waals surface area contributed by atoms with E-state index in [0.717, 1.165) is 11.3 Å². The molecule has 1 atom stereocenters. The summed E-state index contributed by atoms with van der Waals surface area (Å²) in [6.45, 7) is 2.17. The Hall–Kier alpha value is -1.32. The number of sulfonamides is 1. The molecule has 1 fully saturated rings. The molecule has 3 rings (SSSR count). The normalized spacial score (nSPS) is 17.6. The Kier molecular flexibility index (Phi) is 5.78. The number of rotatable bonds is 6. The van der Waals surface area contributed by atoms with Crippen LogP contribution in [-0.4, -0.2) is 33.7 Å². The van der Waals surface area contributed by atoms with Gasteiger partial charge in [0.15, 0.2) is 0 Å². The second kappa shape index (κ2) is 7.74. The number of amides is 1. The van der Waals surface area contributed by atoms with Gasteiger partial charge in [-0.15, -0.1) is 11.3 Å². The molecule has 1 N–H and O–H groups in total. The smallest absolute Gasteiger partial charge is 0.414 e. The number of nitrogens with one attached hydrogen (secondary N) is 1. The molecule has 2 heterocycles. The maximum atomic E-state index is 12.3. The van der Waals surface area contributed by atoms with Crippen LogP contribution in [0, 0.1) is 0 Å². The summed E-state index contributed by atoms with van der Waals surface area (Å²) < 4.78 is 32.7. The summed E-state index contributed by atoms with van der Waals surface area (Å²) in [4.78, 5) is 14.5. The number of carbonyl (C=O) groups is 1. The van der Waals surface area contributed by atoms with Crippen LogP contribution in [0.3, 0.4) is 0 Å². The molecule has 26 heavy (non-hydrogen) atoms. The topological polar surface area (TPSA) is 75.7 Å². The third-order valence-electron chi connectivity index (χ3n) is 3.84. The fourth-order valence-corrected chi connectivity index (χ4v) is 5.16. The van der Waals surface area contributed by atoms with Crippen molar-refractivity contribution in [3.05, 3.63) is 45.3 Å². The molecule has 0 saturated carbocycles. The largest absolute Gasteiger partial charge is 0.443 e. The Morgan fingerprint density at radius 1 is 1.27 bits per heavy atom. The van der Waals surface area contributed by atoms with Gasteiger partial charge in [-0.3, -0.25) is 4.90 Å². The van der Waals surface area contributed by atoms with Crippen molar-refractivity contribution in [2.75, 3.05) is 18.0 Å². The first-order valence-electron chi connectivity index (χ1n) is 7.81. The molecule has 1 unspecified atom stereocenters. The Morgan fingerprint density at radius 2 is 2.04 bits per heavy atom. The number of cyclic esters (lactones) is 1. The summed E-state index contributed by atoms with van der Waals surface area (Å²) in [5.74, 6) is 0. The number of anilines is 1. The van der Waals surface area contributed by atoms with E-state index in [4.69, 9.17) is 27.9 Å². The summed E-state index contributed by atoms with van der Waals surface area (Å²) in [5, 5.41) is 0.709. The highest BCUT2D eigenvalue weighted by molar-refractivity contribution is 7.91. The third-order valence-corrected chi connectivity index (χ3v) is 7.72. The number of nitrogens with zero attached hydrogens (tertiary/aromatic N) is 1. The van der Waals surface area contributed by atoms with Crippen molar-refractivity contribution < 1.29 is 17.9 Å². The van der Waals surface area contributed by atoms with Crippen LogP contribution in [0.1, 0.15) is 11.8 Å². The van der Waals surface area contributed by atoms with Crippen LogP contribution >= 0.6 is 34.5 Å². The fraction of sp³-hybridized carbons (Fsp3) is 0.312. The van der Waals surface area contributed by atoms with E-state index in [2.05, 4.69) is 4.72 Å². The molecule has 0 aliphatic carbocycles. The van der Waals surface area contributed by atoms with E-state index in [1.54, 1.807) is 30.3 Å². The van der Waals surface area contributed by atoms with Crippen molar-refractivity contribution in [1.82, 2.24) is 4.72 Å². The first kappa shape index (κ1) is 19.4. The molecule has 0 spiro atoms. The number of ether oxygens (including phenoxy) is 1. The van der Waals surface area contributed by atoms with Crippen LogP contribution in [0.15, 0.2) is 34.5 Å². The highest BCUT2D eigenvalue weighted by atomic mass is 35.5. The minimum Gasteiger partial charge on any atom is -0.443 e. The van der Waals surface area contributed by atoms with Gasteiger partial charge in [0.2, 0.25) is 10.0 Å². The van der Waals surface area contributed by atoms with E-state index in [-0.39, 0.29) is 17.3 Å². The zero-order chi connectivity index (χ0) is 18.9. The van der Waals surface area contributed by atoms with E-state index >= 15 is 0 Å². The van der Waals surface area contributed by atoms with Crippen molar-refractivity contribution in [3.63, 3.8) is 0 Å². The van der Waals surface area contributed by atoms with Gasteiger partial charge in [-0.25, -0.2) is 17.9 Å². The molecule has 1 aliphatic rings. The molecule has 10 heteroatoms. The van der Waals surface area contributed by atoms with Crippen LogP contribution in [0.2, 0.25) is 10.0 Å². The molecule has 0 bridgehead atoms. The number of carbonyl (C=O) groups excluding carboxylic acids is 1. The van der Waals surface area contributed by atoms with Gasteiger partial charge in [0.1, 0.15) is 10.3 Å². The van der Waals surface area contributed by atoms with Crippen LogP contribution in [0.4, 0.5) is 10.5 Å². The SMILES string of the molecule is CCc1ccc(S(=O)(=O)NCC2CN(c3ccc(Cl)c(Cl)c3)C(=O)O2)s1. The van der Waals surface area contributed by atoms with E-state index in [1.807, 2.05) is 6.92 Å². The summed E-state index contributed by atoms with van der Waals surface area (Å²) >= 11 is 13.1. The van der Waals surface area contributed by atoms with Crippen LogP contribution in [-0.2, 0) is 21.2 Å². The lowest BCUT2D eigenvalue weighted by Crippen LogP contribution is -2.34. The van der Waals surface area contributed by atoms with Crippen molar-refractivity contribution in [1.29, 1.82) is 0 Å². The number of hydrogen-bond acceptors (Lipinski definition) is 5. The second-order valence-corrected chi connectivity index (χ2v) is 9.62. The third kappa shape index (κ3) is 4.15. The molecule has 1 saturated heterocycles. The number of thiophene rings is 1. The van der Waals surface area contributed by atoms with Gasteiger partial charge in [0, 0.05) is 17.1 Å². The van der Waals surface area contributed by atoms with Crippen molar-refractivity contribution >= 4 is 56.3 Å². The Labute approximate surface area is 165 Å². The lowest BCUT2D eigenvalue weighted by atomic mass is 10.2. The lowest BCUT2D eigenvalue weighted by Gasteiger charge is -2.13. The zero-order valence-electron chi connectivity index (χ0n) is 13.7. The first-order valence-corrected chi connectivity index (χ1v) is 10.9. The first-order chi connectivity index (χ1) is 12.3. The Bertz CT molecular complexity index is 930. The van der Waals surface area contributed by atoms with E-state index in [9.17, 15) is 13.2 Å². The van der Waals surface area contributed by atoms with Gasteiger partial charge < -0.3 is 4.74 Å². The summed E-state index contributed by atoms with van der Waals surface area (Å²) in [6, 6.07) is 8.18. The van der Waals surface area contributed by atoms with Crippen LogP contribution in [0.25, 0.3) is 0 Å².